The quantitative estimate of drug-likeness (QED) is 0.250. The molecule has 1 aromatic heterocycles. The maximum absolute atomic E-state index is 13.2. The fourth-order valence-corrected chi connectivity index (χ4v) is 4.53. The minimum absolute atomic E-state index is 0.117. The molecule has 0 unspecified atom stereocenters. The highest BCUT2D eigenvalue weighted by molar-refractivity contribution is 7.99. The Morgan fingerprint density at radius 3 is 2.90 bits per heavy atom. The van der Waals surface area contributed by atoms with E-state index >= 15 is 0 Å². The molecule has 0 radical (unpaired) electrons. The van der Waals surface area contributed by atoms with Gasteiger partial charge in [-0.1, -0.05) is 28.6 Å². The maximum atomic E-state index is 13.2. The van der Waals surface area contributed by atoms with Crippen molar-refractivity contribution in [2.45, 2.75) is 23.8 Å². The van der Waals surface area contributed by atoms with Crippen LogP contribution in [0.3, 0.4) is 0 Å². The van der Waals surface area contributed by atoms with Crippen LogP contribution in [-0.4, -0.2) is 53.7 Å². The molecule has 3 rings (SSSR count). The van der Waals surface area contributed by atoms with Crippen molar-refractivity contribution in [1.29, 1.82) is 0 Å². The number of carbonyl (C=O) groups is 1. The molecule has 10 heteroatoms. The van der Waals surface area contributed by atoms with Gasteiger partial charge in [-0.2, -0.15) is 16.2 Å². The van der Waals surface area contributed by atoms with E-state index in [1.807, 2.05) is 36.0 Å². The molecule has 0 spiro atoms. The lowest BCUT2D eigenvalue weighted by molar-refractivity contribution is -0.110. The van der Waals surface area contributed by atoms with Crippen molar-refractivity contribution in [3.05, 3.63) is 41.2 Å². The number of nitrogens with zero attached hydrogens (tertiary/aromatic N) is 2. The largest absolute Gasteiger partial charge is 0.389 e. The molecule has 0 saturated carbocycles. The average molecular weight is 456 g/mol. The van der Waals surface area contributed by atoms with Gasteiger partial charge < -0.3 is 9.57 Å². The van der Waals surface area contributed by atoms with E-state index in [1.54, 1.807) is 11.8 Å². The number of anilines is 1. The van der Waals surface area contributed by atoms with Crippen LogP contribution in [0.5, 0.6) is 0 Å². The van der Waals surface area contributed by atoms with Gasteiger partial charge in [0, 0.05) is 16.9 Å². The van der Waals surface area contributed by atoms with Crippen molar-refractivity contribution in [3.8, 4) is 0 Å². The molecule has 1 amide bonds. The second-order valence-electron chi connectivity index (χ2n) is 6.17. The molecular weight excluding hydrogens is 433 g/mol. The number of nitrogens with one attached hydrogen (secondary N) is 1. The smallest absolute Gasteiger partial charge is 0.280 e. The Labute approximate surface area is 181 Å². The number of thioether (sulfide) groups is 2. The summed E-state index contributed by atoms with van der Waals surface area (Å²) in [7, 11) is 0. The number of aromatic nitrogens is 1. The molecule has 1 aliphatic heterocycles. The predicted octanol–water partition coefficient (Wildman–Crippen LogP) is 4.28. The highest BCUT2D eigenvalue weighted by Gasteiger charge is 2.21. The van der Waals surface area contributed by atoms with Crippen molar-refractivity contribution in [1.82, 2.24) is 4.98 Å². The van der Waals surface area contributed by atoms with Crippen LogP contribution in [-0.2, 0) is 14.4 Å². The molecule has 0 bridgehead atoms. The topological polar surface area (TPSA) is 72.8 Å². The molecule has 156 valence electrons. The zero-order valence-electron chi connectivity index (χ0n) is 15.9. The third kappa shape index (κ3) is 6.98. The summed E-state index contributed by atoms with van der Waals surface area (Å²) >= 11 is 4.37. The van der Waals surface area contributed by atoms with Crippen molar-refractivity contribution >= 4 is 51.6 Å². The number of ether oxygens (including phenoxy) is 1. The average Bonchev–Trinajstić information content (AvgIpc) is 3.38. The predicted molar refractivity (Wildman–Crippen MR) is 118 cm³/mol. The Hall–Kier alpha value is -1.62. The van der Waals surface area contributed by atoms with Gasteiger partial charge in [0.25, 0.3) is 5.91 Å². The molecule has 1 aliphatic rings. The van der Waals surface area contributed by atoms with E-state index in [0.717, 1.165) is 46.8 Å². The first-order valence-corrected chi connectivity index (χ1v) is 12.3. The number of benzene rings is 1. The summed E-state index contributed by atoms with van der Waals surface area (Å²) in [5.74, 6) is 1.68. The first-order valence-electron chi connectivity index (χ1n) is 9.12. The van der Waals surface area contributed by atoms with Gasteiger partial charge in [-0.25, -0.2) is 4.98 Å². The van der Waals surface area contributed by atoms with Gasteiger partial charge in [-0.3, -0.25) is 10.1 Å². The van der Waals surface area contributed by atoms with Crippen molar-refractivity contribution < 1.29 is 18.8 Å². The molecule has 6 nitrogen and oxygen atoms in total. The van der Waals surface area contributed by atoms with Gasteiger partial charge >= 0.3 is 0 Å². The maximum Gasteiger partial charge on any atom is 0.280 e. The molecule has 1 saturated heterocycles. The summed E-state index contributed by atoms with van der Waals surface area (Å²) in [6.45, 7) is 1.06. The van der Waals surface area contributed by atoms with Crippen LogP contribution >= 0.6 is 34.9 Å². The normalized spacial score (nSPS) is 16.8. The van der Waals surface area contributed by atoms with Crippen LogP contribution < -0.4 is 5.32 Å². The Kier molecular flexibility index (Phi) is 8.78. The lowest BCUT2D eigenvalue weighted by atomic mass is 10.1. The van der Waals surface area contributed by atoms with Gasteiger partial charge in [0.2, 0.25) is 0 Å². The number of amides is 1. The zero-order valence-corrected chi connectivity index (χ0v) is 18.4. The number of hydrogen-bond donors (Lipinski definition) is 1. The fourth-order valence-electron chi connectivity index (χ4n) is 2.52. The lowest BCUT2D eigenvalue weighted by Gasteiger charge is -2.10. The number of rotatable bonds is 10. The SMILES string of the molecule is CSCCCSc1ccc(C(=NO[C@@H]2CCOC2)C(=O)Nc2ncc(F)s2)cc1. The molecule has 1 atom stereocenters. The van der Waals surface area contributed by atoms with Gasteiger partial charge in [0.1, 0.15) is 0 Å². The fraction of sp³-hybridized carbons (Fsp3) is 0.421. The van der Waals surface area contributed by atoms with Crippen molar-refractivity contribution in [2.75, 3.05) is 36.3 Å². The minimum Gasteiger partial charge on any atom is -0.389 e. The molecule has 1 aromatic carbocycles. The summed E-state index contributed by atoms with van der Waals surface area (Å²) < 4.78 is 18.5. The summed E-state index contributed by atoms with van der Waals surface area (Å²) in [6.07, 6.45) is 4.85. The molecule has 2 heterocycles. The van der Waals surface area contributed by atoms with Crippen LogP contribution in [0.1, 0.15) is 18.4 Å². The summed E-state index contributed by atoms with van der Waals surface area (Å²) in [5, 5.41) is 6.37. The summed E-state index contributed by atoms with van der Waals surface area (Å²) in [6, 6.07) is 7.60. The molecule has 1 N–H and O–H groups in total. The van der Waals surface area contributed by atoms with E-state index in [-0.39, 0.29) is 16.9 Å². The van der Waals surface area contributed by atoms with E-state index in [9.17, 15) is 9.18 Å². The standard InChI is InChI=1S/C19H22FN3O3S3/c1-27-9-2-10-28-15-5-3-13(4-6-15)17(23-26-14-7-8-25-12-14)18(24)22-19-21-11-16(20)29-19/h3-6,11,14H,2,7-10,12H2,1H3,(H,21,22,24)/t14-/m1/s1. The number of oxime groups is 1. The Morgan fingerprint density at radius 2 is 2.24 bits per heavy atom. The van der Waals surface area contributed by atoms with E-state index < -0.39 is 11.0 Å². The van der Waals surface area contributed by atoms with Gasteiger partial charge in [0.05, 0.1) is 19.4 Å². The first kappa shape index (κ1) is 22.1. The van der Waals surface area contributed by atoms with Crippen LogP contribution in [0.2, 0.25) is 0 Å². The van der Waals surface area contributed by atoms with Gasteiger partial charge in [0.15, 0.2) is 22.1 Å². The molecule has 29 heavy (non-hydrogen) atoms. The number of thiazole rings is 1. The van der Waals surface area contributed by atoms with E-state index in [1.165, 1.54) is 0 Å². The van der Waals surface area contributed by atoms with Crippen molar-refractivity contribution in [3.63, 3.8) is 0 Å². The Morgan fingerprint density at radius 1 is 1.41 bits per heavy atom. The third-order valence-corrected chi connectivity index (χ3v) is 6.48. The number of carbonyl (C=O) groups excluding carboxylic acids is 1. The Bertz CT molecular complexity index is 824. The van der Waals surface area contributed by atoms with Crippen LogP contribution in [0.25, 0.3) is 0 Å². The summed E-state index contributed by atoms with van der Waals surface area (Å²) in [5.41, 5.74) is 0.735. The third-order valence-electron chi connectivity index (χ3n) is 3.98. The molecular formula is C19H22FN3O3S3. The second-order valence-corrected chi connectivity index (χ2v) is 9.31. The van der Waals surface area contributed by atoms with E-state index in [0.29, 0.717) is 18.8 Å². The van der Waals surface area contributed by atoms with Gasteiger partial charge in [-0.15, -0.1) is 11.8 Å². The monoisotopic (exact) mass is 455 g/mol. The molecule has 2 aromatic rings. The zero-order chi connectivity index (χ0) is 20.5. The van der Waals surface area contributed by atoms with Crippen molar-refractivity contribution in [2.24, 2.45) is 5.16 Å². The first-order chi connectivity index (χ1) is 14.2. The highest BCUT2D eigenvalue weighted by atomic mass is 32.2. The van der Waals surface area contributed by atoms with E-state index in [2.05, 4.69) is 21.7 Å². The molecule has 1 fully saturated rings. The Balaban J connectivity index is 1.71. The second kappa shape index (κ2) is 11.5. The van der Waals surface area contributed by atoms with Crippen LogP contribution in [0.4, 0.5) is 9.52 Å². The lowest BCUT2D eigenvalue weighted by Crippen LogP contribution is -2.25. The molecule has 0 aliphatic carbocycles. The summed E-state index contributed by atoms with van der Waals surface area (Å²) in [4.78, 5) is 23.2. The highest BCUT2D eigenvalue weighted by Crippen LogP contribution is 2.21. The van der Waals surface area contributed by atoms with Gasteiger partial charge in [-0.05, 0) is 36.3 Å². The van der Waals surface area contributed by atoms with Crippen LogP contribution in [0.15, 0.2) is 40.5 Å². The number of halogens is 1. The minimum atomic E-state index is -0.501. The van der Waals surface area contributed by atoms with E-state index in [4.69, 9.17) is 9.57 Å². The number of hydrogen-bond acceptors (Lipinski definition) is 8. The van der Waals surface area contributed by atoms with Crippen LogP contribution in [0, 0.1) is 5.13 Å².